The molecule has 0 atom stereocenters. The number of likely N-dealkylation sites (tertiary alicyclic amines) is 1. The Labute approximate surface area is 144 Å². The molecule has 24 heavy (non-hydrogen) atoms. The molecule has 0 radical (unpaired) electrons. The second kappa shape index (κ2) is 8.48. The largest absolute Gasteiger partial charge is 0.351 e. The normalized spacial score (nSPS) is 16.4. The van der Waals surface area contributed by atoms with Gasteiger partial charge in [-0.1, -0.05) is 12.8 Å². The van der Waals surface area contributed by atoms with Crippen LogP contribution in [0.5, 0.6) is 0 Å². The molecule has 6 nitrogen and oxygen atoms in total. The number of amides is 1. The van der Waals surface area contributed by atoms with Crippen LogP contribution in [0.25, 0.3) is 0 Å². The summed E-state index contributed by atoms with van der Waals surface area (Å²) < 4.78 is 25.0. The third kappa shape index (κ3) is 6.13. The highest BCUT2D eigenvalue weighted by atomic mass is 32.2. The molecule has 1 saturated heterocycles. The second-order valence-electron chi connectivity index (χ2n) is 6.42. The molecule has 0 bridgehead atoms. The monoisotopic (exact) mass is 353 g/mol. The van der Waals surface area contributed by atoms with Gasteiger partial charge in [-0.05, 0) is 56.6 Å². The fourth-order valence-corrected chi connectivity index (χ4v) is 3.54. The Hall–Kier alpha value is -1.60. The van der Waals surface area contributed by atoms with E-state index in [9.17, 15) is 13.2 Å². The van der Waals surface area contributed by atoms with Gasteiger partial charge in [0.05, 0.1) is 11.9 Å². The number of hydrogen-bond acceptors (Lipinski definition) is 4. The number of carbonyl (C=O) groups excluding carboxylic acids is 1. The van der Waals surface area contributed by atoms with Crippen LogP contribution in [0.2, 0.25) is 0 Å². The van der Waals surface area contributed by atoms with Gasteiger partial charge in [-0.15, -0.1) is 0 Å². The van der Waals surface area contributed by atoms with E-state index in [0.29, 0.717) is 17.8 Å². The number of anilines is 1. The molecule has 2 rings (SSSR count). The van der Waals surface area contributed by atoms with Crippen LogP contribution in [0.3, 0.4) is 0 Å². The van der Waals surface area contributed by atoms with E-state index in [1.54, 1.807) is 25.1 Å². The van der Waals surface area contributed by atoms with Gasteiger partial charge in [0.2, 0.25) is 10.0 Å². The third-order valence-corrected chi connectivity index (χ3v) is 4.79. The minimum atomic E-state index is -3.32. The molecule has 1 aromatic carbocycles. The van der Waals surface area contributed by atoms with Crippen molar-refractivity contribution in [3.63, 3.8) is 0 Å². The van der Waals surface area contributed by atoms with Crippen molar-refractivity contribution in [3.05, 3.63) is 29.3 Å². The smallest absolute Gasteiger partial charge is 0.251 e. The lowest BCUT2D eigenvalue weighted by Crippen LogP contribution is -2.35. The molecule has 1 aliphatic rings. The molecule has 1 amide bonds. The molecule has 1 aromatic rings. The number of rotatable bonds is 6. The Morgan fingerprint density at radius 1 is 1.17 bits per heavy atom. The van der Waals surface area contributed by atoms with Gasteiger partial charge in [0.1, 0.15) is 0 Å². The van der Waals surface area contributed by atoms with Crippen LogP contribution >= 0.6 is 0 Å². The molecule has 0 spiro atoms. The lowest BCUT2D eigenvalue weighted by atomic mass is 10.1. The minimum Gasteiger partial charge on any atom is -0.351 e. The van der Waals surface area contributed by atoms with Crippen LogP contribution in [-0.4, -0.2) is 51.7 Å². The van der Waals surface area contributed by atoms with E-state index in [2.05, 4.69) is 14.9 Å². The van der Waals surface area contributed by atoms with Crippen LogP contribution in [0.15, 0.2) is 18.2 Å². The van der Waals surface area contributed by atoms with E-state index in [-0.39, 0.29) is 5.91 Å². The zero-order valence-electron chi connectivity index (χ0n) is 14.5. The highest BCUT2D eigenvalue weighted by Crippen LogP contribution is 2.17. The van der Waals surface area contributed by atoms with Crippen molar-refractivity contribution in [2.24, 2.45) is 0 Å². The summed E-state index contributed by atoms with van der Waals surface area (Å²) in [4.78, 5) is 14.6. The first-order valence-corrected chi connectivity index (χ1v) is 10.3. The Morgan fingerprint density at radius 2 is 1.83 bits per heavy atom. The molecular formula is C17H27N3O3S. The molecule has 1 heterocycles. The van der Waals surface area contributed by atoms with Gasteiger partial charge in [0.15, 0.2) is 0 Å². The molecule has 0 aliphatic carbocycles. The van der Waals surface area contributed by atoms with Crippen molar-refractivity contribution in [2.75, 3.05) is 37.2 Å². The molecule has 7 heteroatoms. The number of benzene rings is 1. The van der Waals surface area contributed by atoms with Crippen LogP contribution in [0, 0.1) is 6.92 Å². The Balaban J connectivity index is 1.86. The highest BCUT2D eigenvalue weighted by molar-refractivity contribution is 7.92. The zero-order valence-corrected chi connectivity index (χ0v) is 15.3. The van der Waals surface area contributed by atoms with Crippen molar-refractivity contribution >= 4 is 21.6 Å². The lowest BCUT2D eigenvalue weighted by Gasteiger charge is -2.19. The predicted molar refractivity (Wildman–Crippen MR) is 96.9 cm³/mol. The molecule has 0 aromatic heterocycles. The van der Waals surface area contributed by atoms with Crippen LogP contribution in [0.4, 0.5) is 5.69 Å². The fraction of sp³-hybridized carbons (Fsp3) is 0.588. The number of sulfonamides is 1. The number of nitrogens with zero attached hydrogens (tertiary/aromatic N) is 1. The standard InChI is InChI=1S/C17H27N3O3S/c1-14-13-15(7-8-16(14)19-24(2,22)23)17(21)18-9-12-20-10-5-3-4-6-11-20/h7-8,13,19H,3-6,9-12H2,1-2H3,(H,18,21). The average molecular weight is 353 g/mol. The van der Waals surface area contributed by atoms with E-state index >= 15 is 0 Å². The first-order chi connectivity index (χ1) is 11.3. The molecule has 0 saturated carbocycles. The Bertz CT molecular complexity index is 666. The van der Waals surface area contributed by atoms with E-state index in [4.69, 9.17) is 0 Å². The van der Waals surface area contributed by atoms with Gasteiger partial charge >= 0.3 is 0 Å². The lowest BCUT2D eigenvalue weighted by molar-refractivity contribution is 0.0948. The summed E-state index contributed by atoms with van der Waals surface area (Å²) in [6.07, 6.45) is 6.19. The fourth-order valence-electron chi connectivity index (χ4n) is 2.91. The molecule has 2 N–H and O–H groups in total. The summed E-state index contributed by atoms with van der Waals surface area (Å²) >= 11 is 0. The van der Waals surface area contributed by atoms with Crippen molar-refractivity contribution in [1.82, 2.24) is 10.2 Å². The van der Waals surface area contributed by atoms with E-state index < -0.39 is 10.0 Å². The van der Waals surface area contributed by atoms with Gasteiger partial charge in [-0.2, -0.15) is 0 Å². The number of nitrogens with one attached hydrogen (secondary N) is 2. The van der Waals surface area contributed by atoms with E-state index in [0.717, 1.165) is 31.5 Å². The zero-order chi connectivity index (χ0) is 17.6. The molecule has 1 fully saturated rings. The summed E-state index contributed by atoms with van der Waals surface area (Å²) in [5.41, 5.74) is 1.77. The maximum Gasteiger partial charge on any atom is 0.251 e. The average Bonchev–Trinajstić information content (AvgIpc) is 2.76. The van der Waals surface area contributed by atoms with Crippen LogP contribution < -0.4 is 10.0 Å². The summed E-state index contributed by atoms with van der Waals surface area (Å²) in [7, 11) is -3.32. The van der Waals surface area contributed by atoms with Gasteiger partial charge < -0.3 is 10.2 Å². The Kier molecular flexibility index (Phi) is 6.62. The number of hydrogen-bond donors (Lipinski definition) is 2. The molecular weight excluding hydrogens is 326 g/mol. The summed E-state index contributed by atoms with van der Waals surface area (Å²) in [6.45, 7) is 5.50. The van der Waals surface area contributed by atoms with E-state index in [1.807, 2.05) is 0 Å². The van der Waals surface area contributed by atoms with Crippen molar-refractivity contribution in [1.29, 1.82) is 0 Å². The Morgan fingerprint density at radius 3 is 2.42 bits per heavy atom. The molecule has 1 aliphatic heterocycles. The first-order valence-electron chi connectivity index (χ1n) is 8.44. The van der Waals surface area contributed by atoms with Crippen molar-refractivity contribution in [3.8, 4) is 0 Å². The summed E-state index contributed by atoms with van der Waals surface area (Å²) in [5.74, 6) is -0.126. The molecule has 134 valence electrons. The topological polar surface area (TPSA) is 78.5 Å². The van der Waals surface area contributed by atoms with Gasteiger partial charge in [0.25, 0.3) is 5.91 Å². The predicted octanol–water partition coefficient (Wildman–Crippen LogP) is 1.97. The summed E-state index contributed by atoms with van der Waals surface area (Å²) in [6, 6.07) is 4.97. The van der Waals surface area contributed by atoms with Crippen LogP contribution in [0.1, 0.15) is 41.6 Å². The summed E-state index contributed by atoms with van der Waals surface area (Å²) in [5, 5.41) is 2.94. The third-order valence-electron chi connectivity index (χ3n) is 4.20. The maximum absolute atomic E-state index is 12.2. The quantitative estimate of drug-likeness (QED) is 0.820. The number of aryl methyl sites for hydroxylation is 1. The number of carbonyl (C=O) groups is 1. The minimum absolute atomic E-state index is 0.126. The van der Waals surface area contributed by atoms with Gasteiger partial charge in [-0.3, -0.25) is 9.52 Å². The first kappa shape index (κ1) is 18.7. The van der Waals surface area contributed by atoms with Gasteiger partial charge in [0, 0.05) is 18.7 Å². The van der Waals surface area contributed by atoms with Crippen molar-refractivity contribution in [2.45, 2.75) is 32.6 Å². The SMILES string of the molecule is Cc1cc(C(=O)NCCN2CCCCCC2)ccc1NS(C)(=O)=O. The van der Waals surface area contributed by atoms with Crippen LogP contribution in [-0.2, 0) is 10.0 Å². The van der Waals surface area contributed by atoms with Crippen molar-refractivity contribution < 1.29 is 13.2 Å². The van der Waals surface area contributed by atoms with E-state index in [1.165, 1.54) is 25.7 Å². The highest BCUT2D eigenvalue weighted by Gasteiger charge is 2.12. The second-order valence-corrected chi connectivity index (χ2v) is 8.16. The maximum atomic E-state index is 12.2. The molecule has 0 unspecified atom stereocenters. The van der Waals surface area contributed by atoms with Gasteiger partial charge in [-0.25, -0.2) is 8.42 Å².